The van der Waals surface area contributed by atoms with Gasteiger partial charge < -0.3 is 5.73 Å². The maximum atomic E-state index is 8.77. The van der Waals surface area contributed by atoms with Gasteiger partial charge in [0.25, 0.3) is 0 Å². The standard InChI is InChI=1S/C12H9N3/c13-8-9-2-1-3-10(6-9)12-7-11(14)4-5-15-12/h1-7H,(H2,14,15). The molecule has 3 heteroatoms. The van der Waals surface area contributed by atoms with Crippen LogP contribution in [0.1, 0.15) is 5.56 Å². The lowest BCUT2D eigenvalue weighted by molar-refractivity contribution is 1.32. The van der Waals surface area contributed by atoms with E-state index in [0.29, 0.717) is 11.3 Å². The van der Waals surface area contributed by atoms with Crippen LogP contribution in [0.5, 0.6) is 0 Å². The first-order valence-corrected chi connectivity index (χ1v) is 4.51. The number of aromatic nitrogens is 1. The maximum Gasteiger partial charge on any atom is 0.0991 e. The molecule has 0 saturated heterocycles. The van der Waals surface area contributed by atoms with Crippen LogP contribution in [0.15, 0.2) is 42.6 Å². The highest BCUT2D eigenvalue weighted by molar-refractivity contribution is 5.64. The zero-order chi connectivity index (χ0) is 10.7. The van der Waals surface area contributed by atoms with Gasteiger partial charge in [0, 0.05) is 17.4 Å². The Morgan fingerprint density at radius 1 is 1.20 bits per heavy atom. The highest BCUT2D eigenvalue weighted by Gasteiger charge is 2.00. The third kappa shape index (κ3) is 1.94. The molecule has 0 fully saturated rings. The molecule has 0 atom stereocenters. The lowest BCUT2D eigenvalue weighted by atomic mass is 10.1. The molecule has 0 unspecified atom stereocenters. The fourth-order valence-corrected chi connectivity index (χ4v) is 1.35. The molecular weight excluding hydrogens is 186 g/mol. The molecule has 2 aromatic rings. The smallest absolute Gasteiger partial charge is 0.0991 e. The summed E-state index contributed by atoms with van der Waals surface area (Å²) < 4.78 is 0. The Balaban J connectivity index is 2.50. The molecule has 1 aromatic heterocycles. The highest BCUT2D eigenvalue weighted by atomic mass is 14.7. The number of benzene rings is 1. The van der Waals surface area contributed by atoms with Gasteiger partial charge in [-0.3, -0.25) is 4.98 Å². The van der Waals surface area contributed by atoms with Gasteiger partial charge in [0.15, 0.2) is 0 Å². The van der Waals surface area contributed by atoms with Crippen molar-refractivity contribution in [3.8, 4) is 17.3 Å². The van der Waals surface area contributed by atoms with Crippen molar-refractivity contribution in [1.29, 1.82) is 5.26 Å². The van der Waals surface area contributed by atoms with E-state index in [1.165, 1.54) is 0 Å². The van der Waals surface area contributed by atoms with Crippen LogP contribution in [-0.2, 0) is 0 Å². The molecule has 0 amide bonds. The molecule has 0 spiro atoms. The van der Waals surface area contributed by atoms with Crippen molar-refractivity contribution in [2.24, 2.45) is 0 Å². The summed E-state index contributed by atoms with van der Waals surface area (Å²) in [6.07, 6.45) is 1.66. The Hall–Kier alpha value is -2.34. The Kier molecular flexibility index (Phi) is 2.34. The van der Waals surface area contributed by atoms with Crippen LogP contribution in [0.3, 0.4) is 0 Å². The Morgan fingerprint density at radius 3 is 2.80 bits per heavy atom. The highest BCUT2D eigenvalue weighted by Crippen LogP contribution is 2.19. The van der Waals surface area contributed by atoms with Crippen LogP contribution in [0.2, 0.25) is 0 Å². The van der Waals surface area contributed by atoms with Gasteiger partial charge in [-0.2, -0.15) is 5.26 Å². The van der Waals surface area contributed by atoms with Gasteiger partial charge in [0.1, 0.15) is 0 Å². The summed E-state index contributed by atoms with van der Waals surface area (Å²) in [5.41, 5.74) is 8.64. The second-order valence-electron chi connectivity index (χ2n) is 3.17. The topological polar surface area (TPSA) is 62.7 Å². The van der Waals surface area contributed by atoms with E-state index in [1.807, 2.05) is 12.1 Å². The zero-order valence-electron chi connectivity index (χ0n) is 8.01. The van der Waals surface area contributed by atoms with Gasteiger partial charge in [-0.15, -0.1) is 0 Å². The van der Waals surface area contributed by atoms with Gasteiger partial charge >= 0.3 is 0 Å². The second-order valence-corrected chi connectivity index (χ2v) is 3.17. The average molecular weight is 195 g/mol. The van der Waals surface area contributed by atoms with E-state index in [4.69, 9.17) is 11.0 Å². The Bertz CT molecular complexity index is 526. The van der Waals surface area contributed by atoms with Gasteiger partial charge in [0.05, 0.1) is 17.3 Å². The molecule has 0 aliphatic carbocycles. The first kappa shape index (κ1) is 9.22. The number of nitriles is 1. The normalized spacial score (nSPS) is 9.53. The van der Waals surface area contributed by atoms with E-state index in [-0.39, 0.29) is 0 Å². The van der Waals surface area contributed by atoms with Crippen LogP contribution >= 0.6 is 0 Å². The number of hydrogen-bond donors (Lipinski definition) is 1. The summed E-state index contributed by atoms with van der Waals surface area (Å²) in [6, 6.07) is 12.9. The summed E-state index contributed by atoms with van der Waals surface area (Å²) in [7, 11) is 0. The van der Waals surface area contributed by atoms with E-state index in [2.05, 4.69) is 11.1 Å². The van der Waals surface area contributed by atoms with Crippen molar-refractivity contribution in [2.75, 3.05) is 5.73 Å². The van der Waals surface area contributed by atoms with Crippen molar-refractivity contribution in [2.45, 2.75) is 0 Å². The Labute approximate surface area is 87.8 Å². The van der Waals surface area contributed by atoms with E-state index >= 15 is 0 Å². The quantitative estimate of drug-likeness (QED) is 0.758. The monoisotopic (exact) mass is 195 g/mol. The Morgan fingerprint density at radius 2 is 2.07 bits per heavy atom. The molecule has 3 nitrogen and oxygen atoms in total. The molecule has 0 bridgehead atoms. The number of pyridine rings is 1. The number of nitrogen functional groups attached to an aromatic ring is 1. The summed E-state index contributed by atoms with van der Waals surface area (Å²) in [4.78, 5) is 4.20. The molecule has 0 aliphatic heterocycles. The minimum absolute atomic E-state index is 0.622. The van der Waals surface area contributed by atoms with Gasteiger partial charge in [0.2, 0.25) is 0 Å². The first-order chi connectivity index (χ1) is 7.29. The lowest BCUT2D eigenvalue weighted by Gasteiger charge is -2.01. The van der Waals surface area contributed by atoms with Crippen molar-refractivity contribution in [1.82, 2.24) is 4.98 Å². The molecule has 2 rings (SSSR count). The van der Waals surface area contributed by atoms with Crippen molar-refractivity contribution >= 4 is 5.69 Å². The van der Waals surface area contributed by atoms with E-state index < -0.39 is 0 Å². The first-order valence-electron chi connectivity index (χ1n) is 4.51. The minimum Gasteiger partial charge on any atom is -0.399 e. The van der Waals surface area contributed by atoms with E-state index in [1.54, 1.807) is 30.5 Å². The summed E-state index contributed by atoms with van der Waals surface area (Å²) in [6.45, 7) is 0. The molecule has 2 N–H and O–H groups in total. The maximum absolute atomic E-state index is 8.77. The van der Waals surface area contributed by atoms with E-state index in [0.717, 1.165) is 11.3 Å². The molecule has 1 heterocycles. The van der Waals surface area contributed by atoms with Crippen molar-refractivity contribution in [3.05, 3.63) is 48.2 Å². The fraction of sp³-hybridized carbons (Fsp3) is 0. The number of nitrogens with two attached hydrogens (primary N) is 1. The number of rotatable bonds is 1. The molecule has 0 saturated carbocycles. The third-order valence-electron chi connectivity index (χ3n) is 2.07. The van der Waals surface area contributed by atoms with Crippen LogP contribution < -0.4 is 5.73 Å². The number of hydrogen-bond acceptors (Lipinski definition) is 3. The van der Waals surface area contributed by atoms with E-state index in [9.17, 15) is 0 Å². The number of anilines is 1. The molecule has 0 radical (unpaired) electrons. The predicted octanol–water partition coefficient (Wildman–Crippen LogP) is 2.20. The molecule has 72 valence electrons. The van der Waals surface area contributed by atoms with Crippen LogP contribution in [0.25, 0.3) is 11.3 Å². The summed E-state index contributed by atoms with van der Waals surface area (Å²) in [5, 5.41) is 8.77. The summed E-state index contributed by atoms with van der Waals surface area (Å²) >= 11 is 0. The SMILES string of the molecule is N#Cc1cccc(-c2cc(N)ccn2)c1. The summed E-state index contributed by atoms with van der Waals surface area (Å²) in [5.74, 6) is 0. The third-order valence-corrected chi connectivity index (χ3v) is 2.07. The molecule has 0 aliphatic rings. The second kappa shape index (κ2) is 3.81. The lowest BCUT2D eigenvalue weighted by Crippen LogP contribution is -1.88. The van der Waals surface area contributed by atoms with Crippen molar-refractivity contribution < 1.29 is 0 Å². The van der Waals surface area contributed by atoms with Gasteiger partial charge in [-0.05, 0) is 24.3 Å². The van der Waals surface area contributed by atoms with Gasteiger partial charge in [-0.25, -0.2) is 0 Å². The predicted molar refractivity (Wildman–Crippen MR) is 58.8 cm³/mol. The number of nitrogens with zero attached hydrogens (tertiary/aromatic N) is 2. The van der Waals surface area contributed by atoms with Crippen LogP contribution in [0, 0.1) is 11.3 Å². The van der Waals surface area contributed by atoms with Crippen LogP contribution in [0.4, 0.5) is 5.69 Å². The molecule has 1 aromatic carbocycles. The average Bonchev–Trinajstić information content (AvgIpc) is 2.29. The van der Waals surface area contributed by atoms with Crippen LogP contribution in [-0.4, -0.2) is 4.98 Å². The van der Waals surface area contributed by atoms with Crippen molar-refractivity contribution in [3.63, 3.8) is 0 Å². The zero-order valence-corrected chi connectivity index (χ0v) is 8.01. The molecular formula is C12H9N3. The van der Waals surface area contributed by atoms with Gasteiger partial charge in [-0.1, -0.05) is 12.1 Å². The minimum atomic E-state index is 0.622. The fourth-order valence-electron chi connectivity index (χ4n) is 1.35. The largest absolute Gasteiger partial charge is 0.399 e. The molecule has 15 heavy (non-hydrogen) atoms.